The molecule has 136 valence electrons. The van der Waals surface area contributed by atoms with Crippen molar-refractivity contribution in [1.29, 1.82) is 0 Å². The standard InChI is InChI=1S/C22H23N5/c1-4-19-20(5-1)25-21(18-3-2-10-24-15-18)26-22(19)27-13-8-17(9-14-27)16-6-11-23-12-7-16/h2-3,6-7,10-12,15,17H,1,4-5,8-9,13-14H2. The average molecular weight is 357 g/mol. The van der Waals surface area contributed by atoms with Crippen molar-refractivity contribution in [3.63, 3.8) is 0 Å². The molecule has 1 fully saturated rings. The second kappa shape index (κ2) is 7.06. The van der Waals surface area contributed by atoms with Crippen LogP contribution in [-0.4, -0.2) is 33.0 Å². The van der Waals surface area contributed by atoms with Crippen molar-refractivity contribution in [2.75, 3.05) is 18.0 Å². The van der Waals surface area contributed by atoms with Gasteiger partial charge in [-0.25, -0.2) is 9.97 Å². The molecule has 5 nitrogen and oxygen atoms in total. The van der Waals surface area contributed by atoms with E-state index in [-0.39, 0.29) is 0 Å². The summed E-state index contributed by atoms with van der Waals surface area (Å²) in [7, 11) is 0. The second-order valence-electron chi connectivity index (χ2n) is 7.43. The number of hydrogen-bond donors (Lipinski definition) is 0. The highest BCUT2D eigenvalue weighted by Crippen LogP contribution is 2.35. The first-order valence-electron chi connectivity index (χ1n) is 9.83. The van der Waals surface area contributed by atoms with E-state index in [1.807, 2.05) is 30.7 Å². The van der Waals surface area contributed by atoms with Gasteiger partial charge >= 0.3 is 0 Å². The highest BCUT2D eigenvalue weighted by Gasteiger charge is 2.27. The van der Waals surface area contributed by atoms with Crippen LogP contribution in [0, 0.1) is 0 Å². The number of nitrogens with zero attached hydrogens (tertiary/aromatic N) is 5. The molecular formula is C22H23N5. The minimum atomic E-state index is 0.622. The Balaban J connectivity index is 1.43. The number of fused-ring (bicyclic) bond motifs is 1. The molecule has 1 saturated heterocycles. The van der Waals surface area contributed by atoms with E-state index in [4.69, 9.17) is 9.97 Å². The lowest BCUT2D eigenvalue weighted by Gasteiger charge is -2.34. The van der Waals surface area contributed by atoms with E-state index >= 15 is 0 Å². The summed E-state index contributed by atoms with van der Waals surface area (Å²) in [6, 6.07) is 8.31. The Bertz CT molecular complexity index is 918. The molecule has 0 amide bonds. The third kappa shape index (κ3) is 3.18. The van der Waals surface area contributed by atoms with Gasteiger partial charge in [0.2, 0.25) is 0 Å². The summed E-state index contributed by atoms with van der Waals surface area (Å²) in [4.78, 5) is 20.7. The normalized spacial score (nSPS) is 17.1. The molecule has 27 heavy (non-hydrogen) atoms. The molecule has 0 spiro atoms. The summed E-state index contributed by atoms with van der Waals surface area (Å²) in [6.45, 7) is 2.09. The van der Waals surface area contributed by atoms with E-state index in [2.05, 4.69) is 27.0 Å². The number of aryl methyl sites for hydroxylation is 1. The fourth-order valence-electron chi connectivity index (χ4n) is 4.36. The molecule has 0 atom stereocenters. The van der Waals surface area contributed by atoms with Gasteiger partial charge in [-0.15, -0.1) is 0 Å². The van der Waals surface area contributed by atoms with Crippen LogP contribution in [0.25, 0.3) is 11.4 Å². The van der Waals surface area contributed by atoms with Crippen LogP contribution in [0.2, 0.25) is 0 Å². The maximum absolute atomic E-state index is 5.00. The quantitative estimate of drug-likeness (QED) is 0.713. The van der Waals surface area contributed by atoms with E-state index in [0.29, 0.717) is 5.92 Å². The number of rotatable bonds is 3. The molecule has 0 radical (unpaired) electrons. The van der Waals surface area contributed by atoms with Gasteiger partial charge in [0.25, 0.3) is 0 Å². The zero-order valence-electron chi connectivity index (χ0n) is 15.4. The molecule has 3 aromatic heterocycles. The van der Waals surface area contributed by atoms with Crippen molar-refractivity contribution in [3.8, 4) is 11.4 Å². The smallest absolute Gasteiger partial charge is 0.163 e. The lowest BCUT2D eigenvalue weighted by Crippen LogP contribution is -2.34. The van der Waals surface area contributed by atoms with Crippen LogP contribution in [0.4, 0.5) is 5.82 Å². The number of piperidine rings is 1. The zero-order valence-corrected chi connectivity index (χ0v) is 15.4. The summed E-state index contributed by atoms with van der Waals surface area (Å²) in [6.07, 6.45) is 13.1. The first kappa shape index (κ1) is 16.4. The van der Waals surface area contributed by atoms with Gasteiger partial charge in [0, 0.05) is 54.7 Å². The van der Waals surface area contributed by atoms with E-state index in [0.717, 1.165) is 56.0 Å². The Morgan fingerprint density at radius 2 is 1.74 bits per heavy atom. The Morgan fingerprint density at radius 1 is 0.889 bits per heavy atom. The third-order valence-corrected chi connectivity index (χ3v) is 5.80. The molecule has 0 unspecified atom stereocenters. The number of aromatic nitrogens is 4. The number of anilines is 1. The van der Waals surface area contributed by atoms with Crippen molar-refractivity contribution in [2.45, 2.75) is 38.0 Å². The molecule has 3 aromatic rings. The monoisotopic (exact) mass is 357 g/mol. The predicted molar refractivity (Wildman–Crippen MR) is 106 cm³/mol. The maximum atomic E-state index is 5.00. The molecule has 0 aromatic carbocycles. The minimum absolute atomic E-state index is 0.622. The second-order valence-corrected chi connectivity index (χ2v) is 7.43. The van der Waals surface area contributed by atoms with E-state index in [1.54, 1.807) is 6.20 Å². The molecule has 1 aliphatic heterocycles. The Labute approximate surface area is 159 Å². The van der Waals surface area contributed by atoms with Crippen LogP contribution in [0.1, 0.15) is 42.0 Å². The Hall–Kier alpha value is -2.82. The highest BCUT2D eigenvalue weighted by atomic mass is 15.2. The average Bonchev–Trinajstić information content (AvgIpc) is 3.23. The predicted octanol–water partition coefficient (Wildman–Crippen LogP) is 3.81. The van der Waals surface area contributed by atoms with Crippen molar-refractivity contribution in [2.24, 2.45) is 0 Å². The van der Waals surface area contributed by atoms with Crippen LogP contribution >= 0.6 is 0 Å². The topological polar surface area (TPSA) is 54.8 Å². The number of hydrogen-bond acceptors (Lipinski definition) is 5. The van der Waals surface area contributed by atoms with E-state index in [9.17, 15) is 0 Å². The summed E-state index contributed by atoms with van der Waals surface area (Å²) in [5, 5.41) is 0. The van der Waals surface area contributed by atoms with Crippen molar-refractivity contribution >= 4 is 5.82 Å². The molecule has 0 saturated carbocycles. The summed E-state index contributed by atoms with van der Waals surface area (Å²) >= 11 is 0. The Morgan fingerprint density at radius 3 is 2.52 bits per heavy atom. The van der Waals surface area contributed by atoms with Crippen LogP contribution < -0.4 is 4.90 Å². The molecule has 5 heteroatoms. The van der Waals surface area contributed by atoms with Crippen molar-refractivity contribution < 1.29 is 0 Å². The van der Waals surface area contributed by atoms with Gasteiger partial charge < -0.3 is 4.90 Å². The minimum Gasteiger partial charge on any atom is -0.356 e. The van der Waals surface area contributed by atoms with Gasteiger partial charge in [-0.1, -0.05) is 0 Å². The van der Waals surface area contributed by atoms with Gasteiger partial charge in [0.15, 0.2) is 5.82 Å². The van der Waals surface area contributed by atoms with Gasteiger partial charge in [-0.3, -0.25) is 9.97 Å². The summed E-state index contributed by atoms with van der Waals surface area (Å²) in [5.74, 6) is 2.59. The first-order valence-corrected chi connectivity index (χ1v) is 9.83. The molecule has 2 aliphatic rings. The van der Waals surface area contributed by atoms with Gasteiger partial charge in [-0.2, -0.15) is 0 Å². The van der Waals surface area contributed by atoms with Gasteiger partial charge in [-0.05, 0) is 67.9 Å². The Kier molecular flexibility index (Phi) is 4.28. The largest absolute Gasteiger partial charge is 0.356 e. The molecule has 1 aliphatic carbocycles. The van der Waals surface area contributed by atoms with Crippen LogP contribution in [0.3, 0.4) is 0 Å². The van der Waals surface area contributed by atoms with Crippen molar-refractivity contribution in [1.82, 2.24) is 19.9 Å². The molecule has 0 bridgehead atoms. The van der Waals surface area contributed by atoms with E-state index < -0.39 is 0 Å². The molecule has 5 rings (SSSR count). The maximum Gasteiger partial charge on any atom is 0.163 e. The van der Waals surface area contributed by atoms with Crippen LogP contribution in [-0.2, 0) is 12.8 Å². The SMILES string of the molecule is c1cncc(-c2nc3c(c(N4CCC(c5ccncc5)CC4)n2)CCC3)c1. The highest BCUT2D eigenvalue weighted by molar-refractivity contribution is 5.61. The molecule has 4 heterocycles. The van der Waals surface area contributed by atoms with Gasteiger partial charge in [0.1, 0.15) is 5.82 Å². The third-order valence-electron chi connectivity index (χ3n) is 5.80. The lowest BCUT2D eigenvalue weighted by atomic mass is 9.90. The van der Waals surface area contributed by atoms with Crippen LogP contribution in [0.15, 0.2) is 49.1 Å². The lowest BCUT2D eigenvalue weighted by molar-refractivity contribution is 0.501. The van der Waals surface area contributed by atoms with Gasteiger partial charge in [0.05, 0.1) is 0 Å². The fraction of sp³-hybridized carbons (Fsp3) is 0.364. The number of pyridine rings is 2. The van der Waals surface area contributed by atoms with Crippen molar-refractivity contribution in [3.05, 3.63) is 65.9 Å². The fourth-order valence-corrected chi connectivity index (χ4v) is 4.36. The molecule has 0 N–H and O–H groups in total. The zero-order chi connectivity index (χ0) is 18.1. The van der Waals surface area contributed by atoms with Crippen LogP contribution in [0.5, 0.6) is 0 Å². The molecular weight excluding hydrogens is 334 g/mol. The first-order chi connectivity index (χ1) is 13.4. The summed E-state index contributed by atoms with van der Waals surface area (Å²) in [5.41, 5.74) is 5.01. The summed E-state index contributed by atoms with van der Waals surface area (Å²) < 4.78 is 0. The van der Waals surface area contributed by atoms with E-state index in [1.165, 1.54) is 23.2 Å².